The minimum Gasteiger partial charge on any atom is -0.211 e. The molecule has 0 bridgehead atoms. The summed E-state index contributed by atoms with van der Waals surface area (Å²) in [4.78, 5) is 14.2. The average molecular weight is 252 g/mol. The molecular formula is C11H10BrNO. The molecule has 72 valence electrons. The highest BCUT2D eigenvalue weighted by Crippen LogP contribution is 2.51. The van der Waals surface area contributed by atoms with Gasteiger partial charge in [0.15, 0.2) is 0 Å². The van der Waals surface area contributed by atoms with Crippen LogP contribution in [-0.4, -0.2) is 6.08 Å². The summed E-state index contributed by atoms with van der Waals surface area (Å²) in [5.41, 5.74) is 2.02. The molecule has 0 N–H and O–H groups in total. The smallest absolute Gasteiger partial charge is 0.211 e. The van der Waals surface area contributed by atoms with Crippen LogP contribution < -0.4 is 0 Å². The zero-order valence-corrected chi connectivity index (χ0v) is 9.47. The van der Waals surface area contributed by atoms with Crippen molar-refractivity contribution < 1.29 is 4.79 Å². The van der Waals surface area contributed by atoms with Crippen molar-refractivity contribution in [1.29, 1.82) is 0 Å². The Morgan fingerprint density at radius 2 is 2.21 bits per heavy atom. The Morgan fingerprint density at radius 1 is 1.50 bits per heavy atom. The maximum Gasteiger partial charge on any atom is 0.235 e. The van der Waals surface area contributed by atoms with Crippen molar-refractivity contribution in [2.24, 2.45) is 4.99 Å². The Morgan fingerprint density at radius 3 is 2.79 bits per heavy atom. The van der Waals surface area contributed by atoms with Crippen LogP contribution in [0.4, 0.5) is 0 Å². The molecule has 0 radical (unpaired) electrons. The molecule has 0 saturated heterocycles. The highest BCUT2D eigenvalue weighted by atomic mass is 79.9. The number of hydrogen-bond donors (Lipinski definition) is 0. The SMILES string of the molecule is Cc1cccc(C2(N=C=O)CC2)c1Br. The van der Waals surface area contributed by atoms with E-state index in [1.807, 2.05) is 25.1 Å². The van der Waals surface area contributed by atoms with Gasteiger partial charge < -0.3 is 0 Å². The van der Waals surface area contributed by atoms with Gasteiger partial charge in [-0.25, -0.2) is 4.79 Å². The first-order valence-electron chi connectivity index (χ1n) is 4.54. The zero-order chi connectivity index (χ0) is 10.2. The van der Waals surface area contributed by atoms with Crippen molar-refractivity contribution in [3.63, 3.8) is 0 Å². The fourth-order valence-electron chi connectivity index (χ4n) is 1.65. The topological polar surface area (TPSA) is 29.4 Å². The third-order valence-corrected chi connectivity index (χ3v) is 3.73. The van der Waals surface area contributed by atoms with Gasteiger partial charge in [-0.15, -0.1) is 0 Å². The lowest BCUT2D eigenvalue weighted by atomic mass is 10.0. The van der Waals surface area contributed by atoms with Gasteiger partial charge in [0.05, 0.1) is 5.54 Å². The number of nitrogens with zero attached hydrogens (tertiary/aromatic N) is 1. The van der Waals surface area contributed by atoms with E-state index < -0.39 is 0 Å². The number of halogens is 1. The van der Waals surface area contributed by atoms with Gasteiger partial charge in [-0.2, -0.15) is 4.99 Å². The largest absolute Gasteiger partial charge is 0.235 e. The molecule has 0 spiro atoms. The fraction of sp³-hybridized carbons (Fsp3) is 0.364. The predicted octanol–water partition coefficient (Wildman–Crippen LogP) is 3.08. The molecule has 0 heterocycles. The maximum absolute atomic E-state index is 10.3. The normalized spacial score (nSPS) is 17.3. The zero-order valence-electron chi connectivity index (χ0n) is 7.88. The van der Waals surface area contributed by atoms with E-state index in [0.29, 0.717) is 0 Å². The van der Waals surface area contributed by atoms with Gasteiger partial charge in [0.25, 0.3) is 0 Å². The summed E-state index contributed by atoms with van der Waals surface area (Å²) < 4.78 is 1.07. The third kappa shape index (κ3) is 1.43. The molecule has 1 aromatic carbocycles. The minimum absolute atomic E-state index is 0.271. The molecule has 1 aliphatic carbocycles. The molecule has 0 atom stereocenters. The van der Waals surface area contributed by atoms with Crippen molar-refractivity contribution in [1.82, 2.24) is 0 Å². The predicted molar refractivity (Wildman–Crippen MR) is 57.9 cm³/mol. The standard InChI is InChI=1S/C11H10BrNO/c1-8-3-2-4-9(10(8)12)11(5-6-11)13-7-14/h2-4H,5-6H2,1H3. The van der Waals surface area contributed by atoms with Gasteiger partial charge in [-0.05, 0) is 30.9 Å². The van der Waals surface area contributed by atoms with Crippen molar-refractivity contribution in [2.45, 2.75) is 25.3 Å². The van der Waals surface area contributed by atoms with Crippen LogP contribution >= 0.6 is 15.9 Å². The average Bonchev–Trinajstić information content (AvgIpc) is 2.91. The van der Waals surface area contributed by atoms with Crippen LogP contribution in [0.3, 0.4) is 0 Å². The summed E-state index contributed by atoms with van der Waals surface area (Å²) in [7, 11) is 0. The summed E-state index contributed by atoms with van der Waals surface area (Å²) in [6.07, 6.45) is 3.57. The second kappa shape index (κ2) is 3.34. The molecule has 1 aliphatic rings. The van der Waals surface area contributed by atoms with Gasteiger partial charge in [0.2, 0.25) is 6.08 Å². The monoisotopic (exact) mass is 251 g/mol. The first-order valence-corrected chi connectivity index (χ1v) is 5.33. The van der Waals surface area contributed by atoms with Crippen molar-refractivity contribution in [3.05, 3.63) is 33.8 Å². The summed E-state index contributed by atoms with van der Waals surface area (Å²) in [5.74, 6) is 0. The lowest BCUT2D eigenvalue weighted by molar-refractivity contribution is 0.556. The van der Waals surface area contributed by atoms with Crippen LogP contribution in [-0.2, 0) is 10.3 Å². The second-order valence-electron chi connectivity index (χ2n) is 3.67. The first kappa shape index (κ1) is 9.63. The van der Waals surface area contributed by atoms with E-state index in [4.69, 9.17) is 0 Å². The molecule has 0 aromatic heterocycles. The molecule has 1 aromatic rings. The number of hydrogen-bond acceptors (Lipinski definition) is 2. The molecular weight excluding hydrogens is 242 g/mol. The van der Waals surface area contributed by atoms with Crippen molar-refractivity contribution in [2.75, 3.05) is 0 Å². The van der Waals surface area contributed by atoms with Crippen LogP contribution in [0, 0.1) is 6.92 Å². The van der Waals surface area contributed by atoms with Crippen LogP contribution in [0.25, 0.3) is 0 Å². The van der Waals surface area contributed by atoms with E-state index in [-0.39, 0.29) is 5.54 Å². The molecule has 0 unspecified atom stereocenters. The van der Waals surface area contributed by atoms with Crippen LogP contribution in [0.5, 0.6) is 0 Å². The van der Waals surface area contributed by atoms with Crippen molar-refractivity contribution >= 4 is 22.0 Å². The van der Waals surface area contributed by atoms with Gasteiger partial charge in [-0.1, -0.05) is 34.1 Å². The Bertz CT molecular complexity index is 417. The van der Waals surface area contributed by atoms with E-state index >= 15 is 0 Å². The van der Waals surface area contributed by atoms with Gasteiger partial charge >= 0.3 is 0 Å². The first-order chi connectivity index (χ1) is 6.69. The summed E-state index contributed by atoms with van der Waals surface area (Å²) in [6.45, 7) is 2.04. The molecule has 0 aliphatic heterocycles. The van der Waals surface area contributed by atoms with Crippen LogP contribution in [0.2, 0.25) is 0 Å². The van der Waals surface area contributed by atoms with E-state index in [2.05, 4.69) is 20.9 Å². The Hall–Kier alpha value is -0.920. The number of carbonyl (C=O) groups excluding carboxylic acids is 1. The molecule has 3 heteroatoms. The number of benzene rings is 1. The lowest BCUT2D eigenvalue weighted by Gasteiger charge is -2.11. The van der Waals surface area contributed by atoms with Gasteiger partial charge in [-0.3, -0.25) is 0 Å². The maximum atomic E-state index is 10.3. The molecule has 14 heavy (non-hydrogen) atoms. The molecule has 2 rings (SSSR count). The van der Waals surface area contributed by atoms with Crippen LogP contribution in [0.1, 0.15) is 24.0 Å². The van der Waals surface area contributed by atoms with E-state index in [1.165, 1.54) is 5.56 Å². The number of aryl methyl sites for hydroxylation is 1. The van der Waals surface area contributed by atoms with Gasteiger partial charge in [0, 0.05) is 4.47 Å². The summed E-state index contributed by atoms with van der Waals surface area (Å²) in [6, 6.07) is 6.05. The summed E-state index contributed by atoms with van der Waals surface area (Å²) >= 11 is 3.54. The quantitative estimate of drug-likeness (QED) is 0.587. The third-order valence-electron chi connectivity index (χ3n) is 2.68. The van der Waals surface area contributed by atoms with E-state index in [1.54, 1.807) is 6.08 Å². The number of isocyanates is 1. The second-order valence-corrected chi connectivity index (χ2v) is 4.46. The highest BCUT2D eigenvalue weighted by Gasteiger charge is 2.46. The minimum atomic E-state index is -0.271. The summed E-state index contributed by atoms with van der Waals surface area (Å²) in [5, 5.41) is 0. The Balaban J connectivity index is 2.52. The lowest BCUT2D eigenvalue weighted by Crippen LogP contribution is -2.03. The number of rotatable bonds is 2. The number of aliphatic imine (C=N–C) groups is 1. The Labute approximate surface area is 91.2 Å². The van der Waals surface area contributed by atoms with Crippen molar-refractivity contribution in [3.8, 4) is 0 Å². The fourth-order valence-corrected chi connectivity index (χ4v) is 2.29. The molecule has 2 nitrogen and oxygen atoms in total. The molecule has 0 amide bonds. The molecule has 1 fully saturated rings. The molecule has 1 saturated carbocycles. The van der Waals surface area contributed by atoms with E-state index in [9.17, 15) is 4.79 Å². The van der Waals surface area contributed by atoms with Gasteiger partial charge in [0.1, 0.15) is 0 Å². The van der Waals surface area contributed by atoms with Crippen LogP contribution in [0.15, 0.2) is 27.7 Å². The van der Waals surface area contributed by atoms with E-state index in [0.717, 1.165) is 22.9 Å². The highest BCUT2D eigenvalue weighted by molar-refractivity contribution is 9.10. The Kier molecular flexibility index (Phi) is 2.30.